The average molecular weight is 447 g/mol. The lowest BCUT2D eigenvalue weighted by atomic mass is 9.79. The Labute approximate surface area is 193 Å². The van der Waals surface area contributed by atoms with Gasteiger partial charge in [-0.15, -0.1) is 0 Å². The Balaban J connectivity index is 1.86. The molecule has 3 aromatic rings. The zero-order valence-electron chi connectivity index (χ0n) is 19.0. The molecule has 1 atom stereocenters. The van der Waals surface area contributed by atoms with Crippen LogP contribution in [0, 0.1) is 5.41 Å². The maximum Gasteiger partial charge on any atom is 0.264 e. The van der Waals surface area contributed by atoms with Crippen LogP contribution in [0.25, 0.3) is 0 Å². The molecule has 0 aromatic heterocycles. The van der Waals surface area contributed by atoms with Gasteiger partial charge in [0.15, 0.2) is 16.9 Å². The van der Waals surface area contributed by atoms with Gasteiger partial charge in [0, 0.05) is 7.11 Å². The Kier molecular flexibility index (Phi) is 6.07. The highest BCUT2D eigenvalue weighted by atomic mass is 16.5. The molecular weight excluding hydrogens is 420 g/mol. The summed E-state index contributed by atoms with van der Waals surface area (Å²) in [6.07, 6.45) is -0.864. The normalized spacial score (nSPS) is 16.1. The first-order valence-electron chi connectivity index (χ1n) is 10.5. The fourth-order valence-electron chi connectivity index (χ4n) is 4.26. The zero-order valence-corrected chi connectivity index (χ0v) is 19.0. The van der Waals surface area contributed by atoms with Gasteiger partial charge in [0.25, 0.3) is 11.8 Å². The highest BCUT2D eigenvalue weighted by molar-refractivity contribution is 6.26. The van der Waals surface area contributed by atoms with E-state index in [-0.39, 0.29) is 11.8 Å². The summed E-state index contributed by atoms with van der Waals surface area (Å²) >= 11 is 0. The summed E-state index contributed by atoms with van der Waals surface area (Å²) in [6.45, 7) is 1.63. The van der Waals surface area contributed by atoms with E-state index in [0.717, 1.165) is 0 Å². The number of methoxy groups -OCH3 is 3. The fraction of sp³-hybridized carbons (Fsp3) is 0.231. The van der Waals surface area contributed by atoms with Crippen LogP contribution in [0.4, 0.5) is 11.4 Å². The van der Waals surface area contributed by atoms with Crippen LogP contribution in [-0.4, -0.2) is 33.1 Å². The number of carbonyl (C=O) groups excluding carboxylic acids is 2. The summed E-state index contributed by atoms with van der Waals surface area (Å²) < 4.78 is 16.6. The third-order valence-corrected chi connectivity index (χ3v) is 5.95. The number of hydrogen-bond donors (Lipinski definition) is 0. The molecule has 0 spiro atoms. The Morgan fingerprint density at radius 3 is 1.61 bits per heavy atom. The minimum Gasteiger partial charge on any atom is -0.493 e. The quantitative estimate of drug-likeness (QED) is 0.504. The number of hydrogen-bond acceptors (Lipinski definition) is 5. The molecular formula is C26H26N2O5. The Bertz CT molecular complexity index is 1090. The van der Waals surface area contributed by atoms with Gasteiger partial charge in [-0.25, -0.2) is 10.0 Å². The van der Waals surface area contributed by atoms with E-state index in [2.05, 4.69) is 0 Å². The molecule has 0 N–H and O–H groups in total. The number of nitrogens with zero attached hydrogens (tertiary/aromatic N) is 2. The molecule has 1 aliphatic rings. The van der Waals surface area contributed by atoms with E-state index in [1.165, 1.54) is 24.2 Å². The van der Waals surface area contributed by atoms with Crippen molar-refractivity contribution >= 4 is 23.2 Å². The van der Waals surface area contributed by atoms with E-state index in [1.54, 1.807) is 56.5 Å². The highest BCUT2D eigenvalue weighted by Crippen LogP contribution is 2.48. The first-order valence-corrected chi connectivity index (χ1v) is 10.5. The van der Waals surface area contributed by atoms with Crippen LogP contribution >= 0.6 is 0 Å². The van der Waals surface area contributed by atoms with Gasteiger partial charge < -0.3 is 14.2 Å². The second-order valence-corrected chi connectivity index (χ2v) is 7.84. The van der Waals surface area contributed by atoms with Crippen molar-refractivity contribution in [2.75, 3.05) is 31.3 Å². The minimum absolute atomic E-state index is 0.385. The molecule has 1 heterocycles. The van der Waals surface area contributed by atoms with Crippen LogP contribution in [0.15, 0.2) is 78.9 Å². The molecule has 1 saturated heterocycles. The van der Waals surface area contributed by atoms with Crippen molar-refractivity contribution in [2.45, 2.75) is 13.0 Å². The van der Waals surface area contributed by atoms with E-state index < -0.39 is 11.5 Å². The molecule has 170 valence electrons. The Morgan fingerprint density at radius 1 is 0.697 bits per heavy atom. The molecule has 0 bridgehead atoms. The van der Waals surface area contributed by atoms with Crippen LogP contribution in [0.2, 0.25) is 0 Å². The smallest absolute Gasteiger partial charge is 0.264 e. The van der Waals surface area contributed by atoms with Gasteiger partial charge in [-0.05, 0) is 48.9 Å². The first-order chi connectivity index (χ1) is 16.0. The number of rotatable bonds is 7. The third-order valence-electron chi connectivity index (χ3n) is 5.95. The molecule has 2 amide bonds. The largest absolute Gasteiger partial charge is 0.493 e. The van der Waals surface area contributed by atoms with Crippen molar-refractivity contribution in [1.29, 1.82) is 0 Å². The van der Waals surface area contributed by atoms with Crippen LogP contribution in [0.5, 0.6) is 11.5 Å². The molecule has 4 rings (SSSR count). The van der Waals surface area contributed by atoms with Gasteiger partial charge >= 0.3 is 0 Å². The second-order valence-electron chi connectivity index (χ2n) is 7.84. The number of para-hydroxylation sites is 2. The zero-order chi connectivity index (χ0) is 23.6. The molecule has 0 radical (unpaired) electrons. The van der Waals surface area contributed by atoms with Gasteiger partial charge in [-0.1, -0.05) is 42.5 Å². The van der Waals surface area contributed by atoms with Gasteiger partial charge in [0.05, 0.1) is 25.6 Å². The molecule has 1 aliphatic heterocycles. The van der Waals surface area contributed by atoms with Crippen LogP contribution < -0.4 is 19.5 Å². The van der Waals surface area contributed by atoms with Crippen molar-refractivity contribution in [2.24, 2.45) is 5.41 Å². The van der Waals surface area contributed by atoms with Gasteiger partial charge in [-0.2, -0.15) is 0 Å². The predicted octanol–water partition coefficient (Wildman–Crippen LogP) is 4.39. The molecule has 1 fully saturated rings. The van der Waals surface area contributed by atoms with Crippen LogP contribution in [-0.2, 0) is 14.3 Å². The lowest BCUT2D eigenvalue weighted by molar-refractivity contribution is -0.143. The molecule has 33 heavy (non-hydrogen) atoms. The van der Waals surface area contributed by atoms with E-state index >= 15 is 0 Å². The molecule has 0 saturated carbocycles. The van der Waals surface area contributed by atoms with E-state index in [9.17, 15) is 9.59 Å². The predicted molar refractivity (Wildman–Crippen MR) is 125 cm³/mol. The van der Waals surface area contributed by atoms with Crippen molar-refractivity contribution in [3.63, 3.8) is 0 Å². The summed E-state index contributed by atoms with van der Waals surface area (Å²) in [4.78, 5) is 28.0. The van der Waals surface area contributed by atoms with E-state index in [1.807, 2.05) is 36.4 Å². The molecule has 0 aliphatic carbocycles. The maximum atomic E-state index is 14.0. The maximum absolute atomic E-state index is 14.0. The van der Waals surface area contributed by atoms with Crippen LogP contribution in [0.1, 0.15) is 18.6 Å². The summed E-state index contributed by atoms with van der Waals surface area (Å²) in [6, 6.07) is 23.5. The van der Waals surface area contributed by atoms with Gasteiger partial charge in [-0.3, -0.25) is 9.59 Å². The molecule has 3 aromatic carbocycles. The topological polar surface area (TPSA) is 68.3 Å². The summed E-state index contributed by atoms with van der Waals surface area (Å²) in [7, 11) is 4.57. The second kappa shape index (κ2) is 8.96. The summed E-state index contributed by atoms with van der Waals surface area (Å²) in [5.41, 5.74) is 0.276. The lowest BCUT2D eigenvalue weighted by Gasteiger charge is -2.29. The Hall–Kier alpha value is -3.84. The van der Waals surface area contributed by atoms with Crippen molar-refractivity contribution in [3.05, 3.63) is 84.4 Å². The number of ether oxygens (including phenoxy) is 3. The number of anilines is 2. The molecule has 7 nitrogen and oxygen atoms in total. The van der Waals surface area contributed by atoms with E-state index in [4.69, 9.17) is 14.2 Å². The first kappa shape index (κ1) is 22.4. The van der Waals surface area contributed by atoms with E-state index in [0.29, 0.717) is 28.4 Å². The average Bonchev–Trinajstić information content (AvgIpc) is 3.06. The summed E-state index contributed by atoms with van der Waals surface area (Å²) in [5.74, 6) is 0.258. The standard InChI is InChI=1S/C26H26N2O5/c1-26(23(33-4)18-15-16-21(31-2)22(17-18)32-3)24(29)27(19-11-7-5-8-12-19)28(25(26)30)20-13-9-6-10-14-20/h5-17,23H,1-4H3. The third kappa shape index (κ3) is 3.60. The van der Waals surface area contributed by atoms with Crippen LogP contribution in [0.3, 0.4) is 0 Å². The number of benzene rings is 3. The van der Waals surface area contributed by atoms with Gasteiger partial charge in [0.2, 0.25) is 0 Å². The SMILES string of the molecule is COc1ccc(C(OC)C2(C)C(=O)N(c3ccccc3)N(c3ccccc3)C2=O)cc1OC. The number of carbonyl (C=O) groups is 2. The van der Waals surface area contributed by atoms with Crippen molar-refractivity contribution < 1.29 is 23.8 Å². The molecule has 1 unspecified atom stereocenters. The monoisotopic (exact) mass is 446 g/mol. The Morgan fingerprint density at radius 2 is 1.18 bits per heavy atom. The fourth-order valence-corrected chi connectivity index (χ4v) is 4.26. The lowest BCUT2D eigenvalue weighted by Crippen LogP contribution is -2.41. The summed E-state index contributed by atoms with van der Waals surface area (Å²) in [5, 5.41) is 2.84. The highest BCUT2D eigenvalue weighted by Gasteiger charge is 2.61. The van der Waals surface area contributed by atoms with Crippen molar-refractivity contribution in [1.82, 2.24) is 0 Å². The molecule has 7 heteroatoms. The van der Waals surface area contributed by atoms with Crippen molar-refractivity contribution in [3.8, 4) is 11.5 Å². The minimum atomic E-state index is -1.53. The van der Waals surface area contributed by atoms with Gasteiger partial charge in [0.1, 0.15) is 6.10 Å². The number of amides is 2. The number of hydrazine groups is 1.